The third-order valence-electron chi connectivity index (χ3n) is 6.34. The fourth-order valence-electron chi connectivity index (χ4n) is 4.59. The molecule has 0 aliphatic carbocycles. The lowest BCUT2D eigenvalue weighted by molar-refractivity contribution is -0.140. The van der Waals surface area contributed by atoms with Crippen molar-refractivity contribution < 1.29 is 33.7 Å². The first-order chi connectivity index (χ1) is 17.1. The van der Waals surface area contributed by atoms with E-state index in [9.17, 15) is 19.5 Å². The van der Waals surface area contributed by atoms with E-state index in [0.29, 0.717) is 41.3 Å². The largest absolute Gasteiger partial charge is 0.507 e. The number of ketones is 1. The van der Waals surface area contributed by atoms with Gasteiger partial charge in [0, 0.05) is 23.4 Å². The van der Waals surface area contributed by atoms with Crippen molar-refractivity contribution >= 4 is 23.4 Å². The van der Waals surface area contributed by atoms with Crippen LogP contribution in [-0.2, 0) is 14.3 Å². The third kappa shape index (κ3) is 4.81. The summed E-state index contributed by atoms with van der Waals surface area (Å²) in [5, 5.41) is 11.5. The highest BCUT2D eigenvalue weighted by molar-refractivity contribution is 6.46. The summed E-state index contributed by atoms with van der Waals surface area (Å²) in [5.74, 6) is -1.57. The number of methoxy groups -OCH3 is 3. The number of nitrogens with one attached hydrogen (secondary N) is 1. The summed E-state index contributed by atoms with van der Waals surface area (Å²) in [6.07, 6.45) is 0.609. The van der Waals surface area contributed by atoms with Crippen molar-refractivity contribution in [3.05, 3.63) is 51.9 Å². The lowest BCUT2D eigenvalue weighted by atomic mass is 9.93. The molecule has 3 rings (SSSR count). The maximum atomic E-state index is 13.4. The lowest BCUT2D eigenvalue weighted by Gasteiger charge is -2.27. The molecule has 2 heterocycles. The number of hydrogen-bond donors (Lipinski definition) is 2. The summed E-state index contributed by atoms with van der Waals surface area (Å²) in [4.78, 5) is 45.2. The number of esters is 1. The van der Waals surface area contributed by atoms with Gasteiger partial charge in [0.1, 0.15) is 23.0 Å². The number of ether oxygens (including phenoxy) is 3. The van der Waals surface area contributed by atoms with Crippen molar-refractivity contribution in [1.29, 1.82) is 0 Å². The highest BCUT2D eigenvalue weighted by Crippen LogP contribution is 2.44. The van der Waals surface area contributed by atoms with Gasteiger partial charge in [-0.2, -0.15) is 0 Å². The summed E-state index contributed by atoms with van der Waals surface area (Å²) in [7, 11) is 8.11. The van der Waals surface area contributed by atoms with Crippen LogP contribution in [-0.4, -0.2) is 86.1 Å². The second-order valence-corrected chi connectivity index (χ2v) is 8.87. The number of likely N-dealkylation sites (tertiary alicyclic amines) is 1. The zero-order chi connectivity index (χ0) is 26.7. The van der Waals surface area contributed by atoms with Crippen LogP contribution in [0.15, 0.2) is 23.8 Å². The molecule has 2 aromatic rings. The molecule has 0 spiro atoms. The molecule has 0 saturated carbocycles. The Morgan fingerprint density at radius 2 is 1.83 bits per heavy atom. The number of benzene rings is 1. The van der Waals surface area contributed by atoms with Gasteiger partial charge in [0.05, 0.1) is 32.9 Å². The predicted molar refractivity (Wildman–Crippen MR) is 133 cm³/mol. The van der Waals surface area contributed by atoms with Gasteiger partial charge in [-0.05, 0) is 64.7 Å². The van der Waals surface area contributed by atoms with Crippen molar-refractivity contribution in [2.45, 2.75) is 26.3 Å². The van der Waals surface area contributed by atoms with Crippen LogP contribution < -0.4 is 9.47 Å². The maximum Gasteiger partial charge on any atom is 0.354 e. The van der Waals surface area contributed by atoms with Crippen LogP contribution in [0.3, 0.4) is 0 Å². The minimum atomic E-state index is -0.924. The van der Waals surface area contributed by atoms with Crippen molar-refractivity contribution in [2.75, 3.05) is 48.5 Å². The smallest absolute Gasteiger partial charge is 0.354 e. The van der Waals surface area contributed by atoms with Gasteiger partial charge in [0.2, 0.25) is 0 Å². The Labute approximate surface area is 210 Å². The molecule has 1 atom stereocenters. The molecule has 0 bridgehead atoms. The van der Waals surface area contributed by atoms with Gasteiger partial charge in [-0.3, -0.25) is 9.59 Å². The zero-order valence-corrected chi connectivity index (χ0v) is 21.7. The first-order valence-corrected chi connectivity index (χ1v) is 11.5. The van der Waals surface area contributed by atoms with Crippen LogP contribution >= 0.6 is 0 Å². The minimum absolute atomic E-state index is 0.0852. The molecule has 194 valence electrons. The molecule has 10 nitrogen and oxygen atoms in total. The topological polar surface area (TPSA) is 121 Å². The number of aromatic amines is 1. The van der Waals surface area contributed by atoms with Gasteiger partial charge in [0.15, 0.2) is 0 Å². The molecule has 1 fully saturated rings. The van der Waals surface area contributed by atoms with Gasteiger partial charge in [0.25, 0.3) is 11.7 Å². The first-order valence-electron chi connectivity index (χ1n) is 11.5. The van der Waals surface area contributed by atoms with Crippen LogP contribution in [0, 0.1) is 13.8 Å². The van der Waals surface area contributed by atoms with E-state index in [4.69, 9.17) is 14.2 Å². The minimum Gasteiger partial charge on any atom is -0.507 e. The molecule has 0 radical (unpaired) electrons. The lowest BCUT2D eigenvalue weighted by Crippen LogP contribution is -2.32. The van der Waals surface area contributed by atoms with E-state index in [2.05, 4.69) is 4.98 Å². The monoisotopic (exact) mass is 499 g/mol. The van der Waals surface area contributed by atoms with Gasteiger partial charge in [-0.1, -0.05) is 0 Å². The summed E-state index contributed by atoms with van der Waals surface area (Å²) in [6.45, 7) is 4.29. The Kier molecular flexibility index (Phi) is 8.09. The molecule has 10 heteroatoms. The van der Waals surface area contributed by atoms with E-state index in [0.717, 1.165) is 0 Å². The number of aromatic nitrogens is 1. The van der Waals surface area contributed by atoms with E-state index < -0.39 is 23.7 Å². The number of hydrogen-bond acceptors (Lipinski definition) is 8. The van der Waals surface area contributed by atoms with Gasteiger partial charge < -0.3 is 34.1 Å². The fourth-order valence-corrected chi connectivity index (χ4v) is 4.59. The Balaban J connectivity index is 2.27. The van der Waals surface area contributed by atoms with Gasteiger partial charge in [-0.15, -0.1) is 0 Å². The first kappa shape index (κ1) is 26.8. The van der Waals surface area contributed by atoms with Crippen molar-refractivity contribution in [1.82, 2.24) is 14.8 Å². The predicted octanol–water partition coefficient (Wildman–Crippen LogP) is 2.81. The van der Waals surface area contributed by atoms with E-state index in [1.54, 1.807) is 32.0 Å². The average Bonchev–Trinajstić information content (AvgIpc) is 3.29. The molecule has 36 heavy (non-hydrogen) atoms. The highest BCUT2D eigenvalue weighted by atomic mass is 16.5. The Morgan fingerprint density at radius 1 is 1.14 bits per heavy atom. The quantitative estimate of drug-likeness (QED) is 0.234. The standard InChI is InChI=1S/C26H33N3O7/c1-14-19(15(2)27-21(14)26(33)36-7)23(30)20-22(17-13-16(34-5)9-10-18(17)35-6)29(25(32)24(20)31)12-8-11-28(3)4/h9-10,13,22,27,30H,8,11-12H2,1-7H3/b23-20+/t22-/m0/s1. The SMILES string of the molecule is COC(=O)c1[nH]c(C)c(/C(O)=C2\C(=O)C(=O)N(CCCN(C)C)[C@H]2c2cc(OC)ccc2OC)c1C. The molecular formula is C26H33N3O7. The van der Waals surface area contributed by atoms with Crippen LogP contribution in [0.4, 0.5) is 0 Å². The molecule has 1 aliphatic heterocycles. The summed E-state index contributed by atoms with van der Waals surface area (Å²) >= 11 is 0. The van der Waals surface area contributed by atoms with Crippen molar-refractivity contribution in [2.24, 2.45) is 0 Å². The fraction of sp³-hybridized carbons (Fsp3) is 0.423. The second kappa shape index (κ2) is 10.9. The van der Waals surface area contributed by atoms with Crippen LogP contribution in [0.25, 0.3) is 5.76 Å². The number of Topliss-reactive ketones (excluding diaryl/α,β-unsaturated/α-hetero) is 1. The molecular weight excluding hydrogens is 466 g/mol. The third-order valence-corrected chi connectivity index (χ3v) is 6.34. The number of carbonyl (C=O) groups excluding carboxylic acids is 3. The van der Waals surface area contributed by atoms with Gasteiger partial charge >= 0.3 is 5.97 Å². The second-order valence-electron chi connectivity index (χ2n) is 8.87. The number of H-pyrrole nitrogens is 1. The zero-order valence-electron chi connectivity index (χ0n) is 21.7. The number of nitrogens with zero attached hydrogens (tertiary/aromatic N) is 2. The highest BCUT2D eigenvalue weighted by Gasteiger charge is 2.47. The Bertz CT molecular complexity index is 1210. The van der Waals surface area contributed by atoms with E-state index >= 15 is 0 Å². The van der Waals surface area contributed by atoms with Crippen LogP contribution in [0.5, 0.6) is 11.5 Å². The normalized spacial score (nSPS) is 17.1. The number of aliphatic hydroxyl groups excluding tert-OH is 1. The van der Waals surface area contributed by atoms with E-state index in [-0.39, 0.29) is 29.1 Å². The number of aryl methyl sites for hydroxylation is 1. The molecule has 1 aliphatic rings. The summed E-state index contributed by atoms with van der Waals surface area (Å²) < 4.78 is 15.8. The summed E-state index contributed by atoms with van der Waals surface area (Å²) in [5.41, 5.74) is 1.72. The van der Waals surface area contributed by atoms with E-state index in [1.807, 2.05) is 19.0 Å². The maximum absolute atomic E-state index is 13.4. The van der Waals surface area contributed by atoms with Crippen molar-refractivity contribution in [3.8, 4) is 11.5 Å². The molecule has 2 N–H and O–H groups in total. The number of carbonyl (C=O) groups is 3. The Hall–Kier alpha value is -3.79. The molecule has 1 saturated heterocycles. The molecule has 1 aromatic heterocycles. The van der Waals surface area contributed by atoms with E-state index in [1.165, 1.54) is 26.2 Å². The summed E-state index contributed by atoms with van der Waals surface area (Å²) in [6, 6.07) is 4.17. The number of amides is 1. The van der Waals surface area contributed by atoms with Crippen LogP contribution in [0.1, 0.15) is 45.3 Å². The van der Waals surface area contributed by atoms with Crippen molar-refractivity contribution in [3.63, 3.8) is 0 Å². The number of rotatable bonds is 9. The Morgan fingerprint density at radius 3 is 2.42 bits per heavy atom. The average molecular weight is 500 g/mol. The number of aliphatic hydroxyl groups is 1. The molecule has 1 aromatic carbocycles. The molecule has 1 amide bonds. The van der Waals surface area contributed by atoms with Crippen LogP contribution in [0.2, 0.25) is 0 Å². The molecule has 0 unspecified atom stereocenters. The van der Waals surface area contributed by atoms with Gasteiger partial charge in [-0.25, -0.2) is 4.79 Å².